The first-order valence-corrected chi connectivity index (χ1v) is 6.22. The minimum Gasteiger partial charge on any atom is -0.352 e. The molecule has 5 nitrogen and oxygen atoms in total. The van der Waals surface area contributed by atoms with Gasteiger partial charge in [-0.1, -0.05) is 12.1 Å². The Kier molecular flexibility index (Phi) is 4.14. The molecule has 0 heterocycles. The lowest BCUT2D eigenvalue weighted by Crippen LogP contribution is -2.24. The summed E-state index contributed by atoms with van der Waals surface area (Å²) in [6.07, 6.45) is 1.84. The second-order valence-electron chi connectivity index (χ2n) is 4.57. The number of hydrogen-bond acceptors (Lipinski definition) is 3. The molecule has 19 heavy (non-hydrogen) atoms. The van der Waals surface area contributed by atoms with Crippen LogP contribution in [0, 0.1) is 17.2 Å². The van der Waals surface area contributed by atoms with E-state index in [-0.39, 0.29) is 24.2 Å². The zero-order valence-electron chi connectivity index (χ0n) is 10.5. The zero-order valence-corrected chi connectivity index (χ0v) is 10.5. The Balaban J connectivity index is 1.82. The summed E-state index contributed by atoms with van der Waals surface area (Å²) in [5.74, 6) is 0.00762. The van der Waals surface area contributed by atoms with Crippen LogP contribution in [0.3, 0.4) is 0 Å². The molecule has 0 unspecified atom stereocenters. The van der Waals surface area contributed by atoms with Crippen LogP contribution in [0.25, 0.3) is 0 Å². The van der Waals surface area contributed by atoms with E-state index >= 15 is 0 Å². The molecule has 1 aliphatic carbocycles. The standard InChI is InChI=1S/C14H15N3O2/c15-8-7-13(18)17-12-5-1-10(2-6-12)9-16-14(19)11-3-4-11/h1-2,5-6,11H,3-4,7,9H2,(H,16,19)(H,17,18). The van der Waals surface area contributed by atoms with E-state index in [1.807, 2.05) is 12.1 Å². The Morgan fingerprint density at radius 3 is 2.53 bits per heavy atom. The molecule has 0 aromatic heterocycles. The van der Waals surface area contributed by atoms with Gasteiger partial charge in [0.2, 0.25) is 11.8 Å². The van der Waals surface area contributed by atoms with Crippen molar-refractivity contribution in [2.45, 2.75) is 25.8 Å². The number of carbonyl (C=O) groups excluding carboxylic acids is 2. The smallest absolute Gasteiger partial charge is 0.238 e. The van der Waals surface area contributed by atoms with Gasteiger partial charge in [0.1, 0.15) is 6.42 Å². The van der Waals surface area contributed by atoms with Crippen LogP contribution in [0.4, 0.5) is 5.69 Å². The molecule has 1 saturated carbocycles. The molecule has 0 spiro atoms. The molecule has 2 amide bonds. The van der Waals surface area contributed by atoms with Crippen molar-refractivity contribution in [2.24, 2.45) is 5.92 Å². The quantitative estimate of drug-likeness (QED) is 0.839. The third kappa shape index (κ3) is 4.11. The first kappa shape index (κ1) is 13.1. The summed E-state index contributed by atoms with van der Waals surface area (Å²) in [7, 11) is 0. The SMILES string of the molecule is N#CCC(=O)Nc1ccc(CNC(=O)C2CC2)cc1. The lowest BCUT2D eigenvalue weighted by molar-refractivity contribution is -0.122. The minimum absolute atomic E-state index is 0.117. The van der Waals surface area contributed by atoms with Gasteiger partial charge in [0.25, 0.3) is 0 Å². The van der Waals surface area contributed by atoms with Crippen molar-refractivity contribution in [3.63, 3.8) is 0 Å². The maximum atomic E-state index is 11.5. The third-order valence-corrected chi connectivity index (χ3v) is 2.89. The highest BCUT2D eigenvalue weighted by Crippen LogP contribution is 2.28. The van der Waals surface area contributed by atoms with Gasteiger partial charge in [-0.05, 0) is 30.5 Å². The van der Waals surface area contributed by atoms with E-state index in [2.05, 4.69) is 10.6 Å². The predicted molar refractivity (Wildman–Crippen MR) is 69.9 cm³/mol. The van der Waals surface area contributed by atoms with Gasteiger partial charge in [-0.3, -0.25) is 9.59 Å². The number of nitriles is 1. The van der Waals surface area contributed by atoms with Gasteiger partial charge in [0, 0.05) is 18.2 Å². The van der Waals surface area contributed by atoms with Crippen molar-refractivity contribution in [2.75, 3.05) is 5.32 Å². The molecule has 0 bridgehead atoms. The van der Waals surface area contributed by atoms with Crippen LogP contribution in [0.15, 0.2) is 24.3 Å². The fourth-order valence-electron chi connectivity index (χ4n) is 1.66. The average molecular weight is 257 g/mol. The first-order valence-electron chi connectivity index (χ1n) is 6.22. The van der Waals surface area contributed by atoms with E-state index in [0.29, 0.717) is 12.2 Å². The second kappa shape index (κ2) is 6.01. The molecule has 98 valence electrons. The fourth-order valence-corrected chi connectivity index (χ4v) is 1.66. The Hall–Kier alpha value is -2.35. The van der Waals surface area contributed by atoms with E-state index in [1.54, 1.807) is 18.2 Å². The average Bonchev–Trinajstić information content (AvgIpc) is 3.22. The molecule has 5 heteroatoms. The Bertz CT molecular complexity index is 512. The van der Waals surface area contributed by atoms with Gasteiger partial charge in [-0.25, -0.2) is 0 Å². The monoisotopic (exact) mass is 257 g/mol. The molecule has 1 aliphatic rings. The van der Waals surface area contributed by atoms with Gasteiger partial charge in [0.05, 0.1) is 6.07 Å². The topological polar surface area (TPSA) is 82.0 Å². The summed E-state index contributed by atoms with van der Waals surface area (Å²) in [6, 6.07) is 8.99. The lowest BCUT2D eigenvalue weighted by Gasteiger charge is -2.06. The lowest BCUT2D eigenvalue weighted by atomic mass is 10.2. The summed E-state index contributed by atoms with van der Waals surface area (Å²) < 4.78 is 0. The van der Waals surface area contributed by atoms with Crippen LogP contribution >= 0.6 is 0 Å². The highest BCUT2D eigenvalue weighted by Gasteiger charge is 2.29. The highest BCUT2D eigenvalue weighted by molar-refractivity contribution is 5.92. The van der Waals surface area contributed by atoms with Crippen molar-refractivity contribution in [3.8, 4) is 6.07 Å². The van der Waals surface area contributed by atoms with Crippen LogP contribution in [0.2, 0.25) is 0 Å². The van der Waals surface area contributed by atoms with Crippen molar-refractivity contribution >= 4 is 17.5 Å². The van der Waals surface area contributed by atoms with Gasteiger partial charge in [-0.2, -0.15) is 5.26 Å². The third-order valence-electron chi connectivity index (χ3n) is 2.89. The van der Waals surface area contributed by atoms with Crippen LogP contribution in [-0.2, 0) is 16.1 Å². The Labute approximate surface area is 111 Å². The predicted octanol–water partition coefficient (Wildman–Crippen LogP) is 1.56. The molecule has 0 saturated heterocycles. The van der Waals surface area contributed by atoms with Gasteiger partial charge in [0.15, 0.2) is 0 Å². The first-order chi connectivity index (χ1) is 9.19. The number of anilines is 1. The molecule has 1 fully saturated rings. The fraction of sp³-hybridized carbons (Fsp3) is 0.357. The number of nitrogens with one attached hydrogen (secondary N) is 2. The molecule has 0 radical (unpaired) electrons. The van der Waals surface area contributed by atoms with Crippen LogP contribution in [0.1, 0.15) is 24.8 Å². The summed E-state index contributed by atoms with van der Waals surface area (Å²) in [5, 5.41) is 13.9. The maximum Gasteiger partial charge on any atom is 0.238 e. The van der Waals surface area contributed by atoms with Crippen LogP contribution in [-0.4, -0.2) is 11.8 Å². The minimum atomic E-state index is -0.322. The van der Waals surface area contributed by atoms with Gasteiger partial charge >= 0.3 is 0 Å². The highest BCUT2D eigenvalue weighted by atomic mass is 16.2. The number of carbonyl (C=O) groups is 2. The van der Waals surface area contributed by atoms with Crippen molar-refractivity contribution < 1.29 is 9.59 Å². The molecule has 2 rings (SSSR count). The van der Waals surface area contributed by atoms with Crippen LogP contribution in [0.5, 0.6) is 0 Å². The van der Waals surface area contributed by atoms with E-state index in [4.69, 9.17) is 5.26 Å². The van der Waals surface area contributed by atoms with Crippen molar-refractivity contribution in [3.05, 3.63) is 29.8 Å². The maximum absolute atomic E-state index is 11.5. The van der Waals surface area contributed by atoms with Gasteiger partial charge in [-0.15, -0.1) is 0 Å². The zero-order chi connectivity index (χ0) is 13.7. The number of hydrogen-bond donors (Lipinski definition) is 2. The molecule has 0 atom stereocenters. The van der Waals surface area contributed by atoms with E-state index in [0.717, 1.165) is 18.4 Å². The Morgan fingerprint density at radius 1 is 1.26 bits per heavy atom. The largest absolute Gasteiger partial charge is 0.352 e. The van der Waals surface area contributed by atoms with E-state index < -0.39 is 0 Å². The van der Waals surface area contributed by atoms with E-state index in [9.17, 15) is 9.59 Å². The molecule has 1 aromatic carbocycles. The van der Waals surface area contributed by atoms with E-state index in [1.165, 1.54) is 0 Å². The summed E-state index contributed by atoms with van der Waals surface area (Å²) in [4.78, 5) is 22.7. The molecule has 0 aliphatic heterocycles. The summed E-state index contributed by atoms with van der Waals surface area (Å²) in [6.45, 7) is 0.502. The van der Waals surface area contributed by atoms with Crippen molar-refractivity contribution in [1.82, 2.24) is 5.32 Å². The number of benzene rings is 1. The van der Waals surface area contributed by atoms with Crippen LogP contribution < -0.4 is 10.6 Å². The second-order valence-corrected chi connectivity index (χ2v) is 4.57. The van der Waals surface area contributed by atoms with Crippen molar-refractivity contribution in [1.29, 1.82) is 5.26 Å². The number of nitrogens with zero attached hydrogens (tertiary/aromatic N) is 1. The van der Waals surface area contributed by atoms with Gasteiger partial charge < -0.3 is 10.6 Å². The number of amides is 2. The summed E-state index contributed by atoms with van der Waals surface area (Å²) in [5.41, 5.74) is 1.63. The molecule has 2 N–H and O–H groups in total. The molecular formula is C14H15N3O2. The Morgan fingerprint density at radius 2 is 1.95 bits per heavy atom. The summed E-state index contributed by atoms with van der Waals surface area (Å²) >= 11 is 0. The molecular weight excluding hydrogens is 242 g/mol. The number of rotatable bonds is 5. The normalized spacial score (nSPS) is 13.4. The molecule has 1 aromatic rings.